The maximum atomic E-state index is 5.46. The number of ether oxygens (including phenoxy) is 1. The monoisotopic (exact) mass is 272 g/mol. The first-order chi connectivity index (χ1) is 8.75. The van der Waals surface area contributed by atoms with Crippen molar-refractivity contribution in [3.05, 3.63) is 0 Å². The lowest BCUT2D eigenvalue weighted by Gasteiger charge is -2.07. The summed E-state index contributed by atoms with van der Waals surface area (Å²) < 4.78 is 5.46. The van der Waals surface area contributed by atoms with Gasteiger partial charge < -0.3 is 4.74 Å². The van der Waals surface area contributed by atoms with Crippen molar-refractivity contribution in [2.24, 2.45) is 23.7 Å². The molecule has 0 N–H and O–H groups in total. The summed E-state index contributed by atoms with van der Waals surface area (Å²) in [6.07, 6.45) is 5.16. The molecule has 0 amide bonds. The highest BCUT2D eigenvalue weighted by Gasteiger charge is 1.96. The first-order valence-electron chi connectivity index (χ1n) is 8.33. The van der Waals surface area contributed by atoms with E-state index in [1.54, 1.807) is 0 Å². The molecule has 19 heavy (non-hydrogen) atoms. The summed E-state index contributed by atoms with van der Waals surface area (Å²) in [5.41, 5.74) is 0. The zero-order valence-electron chi connectivity index (χ0n) is 15.0. The molecule has 0 bridgehead atoms. The highest BCUT2D eigenvalue weighted by atomic mass is 16.5. The van der Waals surface area contributed by atoms with Crippen molar-refractivity contribution in [2.45, 2.75) is 81.1 Å². The van der Waals surface area contributed by atoms with Gasteiger partial charge in [0, 0.05) is 13.2 Å². The predicted octanol–water partition coefficient (Wildman–Crippen LogP) is 6.17. The molecule has 118 valence electrons. The Morgan fingerprint density at radius 1 is 0.474 bits per heavy atom. The van der Waals surface area contributed by atoms with Crippen LogP contribution in [0.1, 0.15) is 81.1 Å². The van der Waals surface area contributed by atoms with Crippen molar-refractivity contribution >= 4 is 0 Å². The average Bonchev–Trinajstić information content (AvgIpc) is 2.26. The summed E-state index contributed by atoms with van der Waals surface area (Å²) in [5, 5.41) is 0. The molecule has 0 aromatic heterocycles. The van der Waals surface area contributed by atoms with Crippen LogP contribution in [0.15, 0.2) is 0 Å². The van der Waals surface area contributed by atoms with E-state index in [0.717, 1.165) is 36.9 Å². The Bertz CT molecular complexity index is 141. The van der Waals surface area contributed by atoms with Crippen LogP contribution in [0.4, 0.5) is 0 Å². The average molecular weight is 273 g/mol. The predicted molar refractivity (Wildman–Crippen MR) is 88.6 cm³/mol. The largest absolute Gasteiger partial charge is 0.381 e. The van der Waals surface area contributed by atoms with Gasteiger partial charge in [-0.2, -0.15) is 0 Å². The van der Waals surface area contributed by atoms with E-state index in [1.807, 2.05) is 0 Å². The molecular weight excluding hydrogens is 232 g/mol. The lowest BCUT2D eigenvalue weighted by Crippen LogP contribution is -2.02. The molecule has 0 aliphatic heterocycles. The maximum absolute atomic E-state index is 5.46. The molecule has 0 spiro atoms. The van der Waals surface area contributed by atoms with Crippen LogP contribution in [0.2, 0.25) is 0 Å². The summed E-state index contributed by atoms with van der Waals surface area (Å²) in [4.78, 5) is 0. The molecule has 1 nitrogen and oxygen atoms in total. The lowest BCUT2D eigenvalue weighted by molar-refractivity contribution is 0.114. The van der Waals surface area contributed by atoms with E-state index in [-0.39, 0.29) is 0 Å². The number of hydrogen-bond acceptors (Lipinski definition) is 1. The highest BCUT2D eigenvalue weighted by Crippen LogP contribution is 2.09. The second kappa shape index (κ2) is 14.4. The minimum atomic E-state index is 0.772. The topological polar surface area (TPSA) is 9.23 Å². The fourth-order valence-corrected chi connectivity index (χ4v) is 1.41. The smallest absolute Gasteiger partial charge is 0.0468 e. The highest BCUT2D eigenvalue weighted by molar-refractivity contribution is 4.48. The Morgan fingerprint density at radius 3 is 0.947 bits per heavy atom. The molecule has 0 unspecified atom stereocenters. The van der Waals surface area contributed by atoms with Gasteiger partial charge in [0.2, 0.25) is 0 Å². The van der Waals surface area contributed by atoms with Gasteiger partial charge in [-0.3, -0.25) is 0 Å². The fraction of sp³-hybridized carbons (Fsp3) is 1.00. The molecule has 0 saturated carbocycles. The minimum Gasteiger partial charge on any atom is -0.381 e. The van der Waals surface area contributed by atoms with Gasteiger partial charge in [-0.1, -0.05) is 68.2 Å². The third kappa shape index (κ3) is 27.2. The van der Waals surface area contributed by atoms with Crippen LogP contribution in [-0.2, 0) is 4.74 Å². The molecule has 0 saturated heterocycles. The molecule has 0 aromatic rings. The summed E-state index contributed by atoms with van der Waals surface area (Å²) in [5.74, 6) is 3.32. The SMILES string of the molecule is CC(C)CCC(C)C.CC(C)CCOCCC(C)C. The normalized spacial score (nSPS) is 11.4. The summed E-state index contributed by atoms with van der Waals surface area (Å²) >= 11 is 0. The third-order valence-electron chi connectivity index (χ3n) is 3.00. The Kier molecular flexibility index (Phi) is 16.1. The van der Waals surface area contributed by atoms with Gasteiger partial charge in [-0.15, -0.1) is 0 Å². The molecule has 1 heteroatoms. The summed E-state index contributed by atoms with van der Waals surface area (Å²) in [6, 6.07) is 0. The van der Waals surface area contributed by atoms with Crippen molar-refractivity contribution in [2.75, 3.05) is 13.2 Å². The van der Waals surface area contributed by atoms with Crippen molar-refractivity contribution in [1.82, 2.24) is 0 Å². The molecule has 0 fully saturated rings. The van der Waals surface area contributed by atoms with E-state index in [0.29, 0.717) is 0 Å². The van der Waals surface area contributed by atoms with Crippen LogP contribution in [0.25, 0.3) is 0 Å². The summed E-state index contributed by atoms with van der Waals surface area (Å²) in [6.45, 7) is 19.9. The van der Waals surface area contributed by atoms with Crippen LogP contribution in [0.5, 0.6) is 0 Å². The van der Waals surface area contributed by atoms with Crippen LogP contribution >= 0.6 is 0 Å². The molecule has 0 atom stereocenters. The van der Waals surface area contributed by atoms with Gasteiger partial charge in [0.1, 0.15) is 0 Å². The van der Waals surface area contributed by atoms with E-state index in [1.165, 1.54) is 25.7 Å². The van der Waals surface area contributed by atoms with Crippen LogP contribution < -0.4 is 0 Å². The van der Waals surface area contributed by atoms with E-state index < -0.39 is 0 Å². The molecule has 0 aliphatic carbocycles. The van der Waals surface area contributed by atoms with Gasteiger partial charge in [-0.25, -0.2) is 0 Å². The Labute approximate surface area is 123 Å². The second-order valence-corrected chi connectivity index (χ2v) is 7.34. The first kappa shape index (κ1) is 21.3. The van der Waals surface area contributed by atoms with Gasteiger partial charge in [0.05, 0.1) is 0 Å². The maximum Gasteiger partial charge on any atom is 0.0468 e. The zero-order valence-corrected chi connectivity index (χ0v) is 15.0. The molecule has 0 aliphatic rings. The molecular formula is C18H40O. The Morgan fingerprint density at radius 2 is 0.737 bits per heavy atom. The van der Waals surface area contributed by atoms with Crippen LogP contribution in [0.3, 0.4) is 0 Å². The lowest BCUT2D eigenvalue weighted by atomic mass is 10.0. The van der Waals surface area contributed by atoms with Gasteiger partial charge in [-0.05, 0) is 36.5 Å². The Hall–Kier alpha value is -0.0400. The quantitative estimate of drug-likeness (QED) is 0.456. The van der Waals surface area contributed by atoms with Gasteiger partial charge >= 0.3 is 0 Å². The van der Waals surface area contributed by atoms with Crippen molar-refractivity contribution < 1.29 is 4.74 Å². The zero-order chi connectivity index (χ0) is 15.3. The third-order valence-corrected chi connectivity index (χ3v) is 3.00. The fourth-order valence-electron chi connectivity index (χ4n) is 1.41. The molecule has 0 radical (unpaired) electrons. The van der Waals surface area contributed by atoms with Crippen LogP contribution in [-0.4, -0.2) is 13.2 Å². The summed E-state index contributed by atoms with van der Waals surface area (Å²) in [7, 11) is 0. The second-order valence-electron chi connectivity index (χ2n) is 7.34. The Balaban J connectivity index is 0. The van der Waals surface area contributed by atoms with Crippen molar-refractivity contribution in [1.29, 1.82) is 0 Å². The van der Waals surface area contributed by atoms with E-state index >= 15 is 0 Å². The van der Waals surface area contributed by atoms with Crippen molar-refractivity contribution in [3.8, 4) is 0 Å². The molecule has 0 rings (SSSR count). The first-order valence-corrected chi connectivity index (χ1v) is 8.33. The molecule has 0 aromatic carbocycles. The van der Waals surface area contributed by atoms with E-state index in [2.05, 4.69) is 55.4 Å². The van der Waals surface area contributed by atoms with E-state index in [4.69, 9.17) is 4.74 Å². The van der Waals surface area contributed by atoms with Gasteiger partial charge in [0.15, 0.2) is 0 Å². The number of hydrogen-bond donors (Lipinski definition) is 0. The standard InChI is InChI=1S/C10H22O.C8H18/c1-9(2)5-7-11-8-6-10(3)4;1-7(2)5-6-8(3)4/h9-10H,5-8H2,1-4H3;7-8H,5-6H2,1-4H3. The van der Waals surface area contributed by atoms with Crippen molar-refractivity contribution in [3.63, 3.8) is 0 Å². The van der Waals surface area contributed by atoms with Gasteiger partial charge in [0.25, 0.3) is 0 Å². The minimum absolute atomic E-state index is 0.772. The molecule has 0 heterocycles. The van der Waals surface area contributed by atoms with Crippen LogP contribution in [0, 0.1) is 23.7 Å². The number of rotatable bonds is 9. The van der Waals surface area contributed by atoms with E-state index in [9.17, 15) is 0 Å².